The first-order valence-corrected chi connectivity index (χ1v) is 19.4. The van der Waals surface area contributed by atoms with Crippen molar-refractivity contribution in [3.63, 3.8) is 0 Å². The number of nitrogens with zero attached hydrogens (tertiary/aromatic N) is 6. The molecule has 56 heavy (non-hydrogen) atoms. The van der Waals surface area contributed by atoms with E-state index in [-0.39, 0.29) is 18.1 Å². The Hall–Kier alpha value is -5.58. The zero-order chi connectivity index (χ0) is 39.6. The highest BCUT2D eigenvalue weighted by Crippen LogP contribution is 2.45. The van der Waals surface area contributed by atoms with Crippen LogP contribution in [0.2, 0.25) is 10.0 Å². The molecular weight excluding hydrogens is 747 g/mol. The lowest BCUT2D eigenvalue weighted by molar-refractivity contribution is 0.0687. The summed E-state index contributed by atoms with van der Waals surface area (Å²) in [6.45, 7) is 10.9. The van der Waals surface area contributed by atoms with Crippen LogP contribution in [0.4, 0.5) is 5.69 Å². The van der Waals surface area contributed by atoms with Gasteiger partial charge in [0, 0.05) is 52.4 Å². The first-order chi connectivity index (χ1) is 26.9. The number of amides is 1. The summed E-state index contributed by atoms with van der Waals surface area (Å²) in [7, 11) is 1.91. The fourth-order valence-corrected chi connectivity index (χ4v) is 8.88. The molecule has 0 radical (unpaired) electrons. The quantitative estimate of drug-likeness (QED) is 0.138. The summed E-state index contributed by atoms with van der Waals surface area (Å²) < 4.78 is 11.9. The van der Waals surface area contributed by atoms with Gasteiger partial charge in [0.05, 0.1) is 52.3 Å². The number of benzene rings is 3. The van der Waals surface area contributed by atoms with Crippen LogP contribution in [-0.2, 0) is 26.6 Å². The van der Waals surface area contributed by atoms with Gasteiger partial charge in [-0.25, -0.2) is 4.79 Å². The molecule has 7 aromatic rings. The molecule has 4 aromatic heterocycles. The molecule has 0 unspecified atom stereocenters. The summed E-state index contributed by atoms with van der Waals surface area (Å²) in [5.74, 6) is -0.659. The van der Waals surface area contributed by atoms with Crippen molar-refractivity contribution in [3.05, 3.63) is 128 Å². The second-order valence-electron chi connectivity index (χ2n) is 14.7. The number of para-hydroxylation sites is 1. The van der Waals surface area contributed by atoms with Gasteiger partial charge in [-0.2, -0.15) is 5.10 Å². The molecule has 1 amide bonds. The number of rotatable bonds is 10. The topological polar surface area (TPSA) is 107 Å². The average molecular weight is 790 g/mol. The Kier molecular flexibility index (Phi) is 9.66. The van der Waals surface area contributed by atoms with E-state index in [1.54, 1.807) is 15.7 Å². The number of carbonyl (C=O) groups is 2. The fraction of sp³-hybridized carbons (Fsp3) is 0.273. The van der Waals surface area contributed by atoms with Crippen molar-refractivity contribution in [2.24, 2.45) is 7.05 Å². The molecule has 1 N–H and O–H groups in total. The van der Waals surface area contributed by atoms with Gasteiger partial charge in [-0.3, -0.25) is 19.4 Å². The summed E-state index contributed by atoms with van der Waals surface area (Å²) in [6, 6.07) is 20.5. The molecule has 0 fully saturated rings. The van der Waals surface area contributed by atoms with Crippen molar-refractivity contribution < 1.29 is 19.4 Å². The van der Waals surface area contributed by atoms with Gasteiger partial charge in [-0.05, 0) is 101 Å². The minimum Gasteiger partial charge on any atom is -0.494 e. The first kappa shape index (κ1) is 37.3. The Morgan fingerprint density at radius 3 is 2.38 bits per heavy atom. The van der Waals surface area contributed by atoms with Crippen molar-refractivity contribution in [1.82, 2.24) is 23.9 Å². The largest absolute Gasteiger partial charge is 0.494 e. The number of aromatic carboxylic acids is 1. The second kappa shape index (κ2) is 14.5. The Morgan fingerprint density at radius 1 is 0.964 bits per heavy atom. The zero-order valence-electron chi connectivity index (χ0n) is 32.2. The smallest absolute Gasteiger partial charge is 0.354 e. The number of hydrogen-bond donors (Lipinski definition) is 1. The normalized spacial score (nSPS) is 14.2. The molecule has 1 aliphatic rings. The van der Waals surface area contributed by atoms with Crippen LogP contribution >= 0.6 is 23.2 Å². The molecule has 0 saturated heterocycles. The molecule has 0 aliphatic carbocycles. The third-order valence-corrected chi connectivity index (χ3v) is 11.9. The summed E-state index contributed by atoms with van der Waals surface area (Å²) in [5, 5.41) is 18.5. The summed E-state index contributed by atoms with van der Waals surface area (Å²) in [5.41, 5.74) is 9.50. The highest BCUT2D eigenvalue weighted by molar-refractivity contribution is 6.35. The van der Waals surface area contributed by atoms with Crippen molar-refractivity contribution in [1.29, 1.82) is 0 Å². The number of pyridine rings is 1. The zero-order valence-corrected chi connectivity index (χ0v) is 33.7. The van der Waals surface area contributed by atoms with E-state index in [1.165, 1.54) is 0 Å². The fourth-order valence-electron chi connectivity index (χ4n) is 8.52. The molecule has 5 heterocycles. The van der Waals surface area contributed by atoms with Gasteiger partial charge in [0.2, 0.25) is 0 Å². The van der Waals surface area contributed by atoms with Crippen molar-refractivity contribution in [2.75, 3.05) is 11.5 Å². The maximum atomic E-state index is 15.4. The van der Waals surface area contributed by atoms with Gasteiger partial charge in [-0.15, -0.1) is 0 Å². The number of aryl methyl sites for hydroxylation is 5. The summed E-state index contributed by atoms with van der Waals surface area (Å²) in [4.78, 5) is 35.0. The van der Waals surface area contributed by atoms with E-state index >= 15 is 4.79 Å². The van der Waals surface area contributed by atoms with Crippen LogP contribution in [0.1, 0.15) is 68.1 Å². The second-order valence-corrected chi connectivity index (χ2v) is 15.5. The van der Waals surface area contributed by atoms with E-state index < -0.39 is 12.0 Å². The van der Waals surface area contributed by atoms with E-state index in [1.807, 2.05) is 113 Å². The third-order valence-electron chi connectivity index (χ3n) is 11.0. The highest BCUT2D eigenvalue weighted by Gasteiger charge is 2.40. The van der Waals surface area contributed by atoms with E-state index in [2.05, 4.69) is 9.55 Å². The van der Waals surface area contributed by atoms with Gasteiger partial charge >= 0.3 is 5.97 Å². The lowest BCUT2D eigenvalue weighted by Crippen LogP contribution is -2.47. The molecular formula is C44H42Cl2N6O4. The van der Waals surface area contributed by atoms with Crippen LogP contribution in [0.5, 0.6) is 5.75 Å². The Labute approximate surface area is 334 Å². The first-order valence-electron chi connectivity index (χ1n) is 18.7. The van der Waals surface area contributed by atoms with Crippen LogP contribution in [0.15, 0.2) is 72.9 Å². The molecule has 0 spiro atoms. The minimum absolute atomic E-state index is 0.0375. The van der Waals surface area contributed by atoms with E-state index in [0.717, 1.165) is 60.9 Å². The van der Waals surface area contributed by atoms with Crippen LogP contribution in [0, 0.1) is 27.7 Å². The molecule has 286 valence electrons. The number of aromatic nitrogens is 5. The Bertz CT molecular complexity index is 2690. The van der Waals surface area contributed by atoms with Crippen LogP contribution in [-0.4, -0.2) is 53.5 Å². The van der Waals surface area contributed by atoms with Gasteiger partial charge < -0.3 is 19.0 Å². The maximum Gasteiger partial charge on any atom is 0.354 e. The molecule has 0 bridgehead atoms. The number of carboxylic acids is 1. The van der Waals surface area contributed by atoms with Crippen molar-refractivity contribution >= 4 is 62.6 Å². The molecule has 12 heteroatoms. The van der Waals surface area contributed by atoms with E-state index in [0.29, 0.717) is 59.0 Å². The van der Waals surface area contributed by atoms with Crippen LogP contribution in [0.25, 0.3) is 32.9 Å². The van der Waals surface area contributed by atoms with Crippen LogP contribution < -0.4 is 9.64 Å². The monoisotopic (exact) mass is 788 g/mol. The average Bonchev–Trinajstić information content (AvgIpc) is 3.75. The number of halogens is 2. The van der Waals surface area contributed by atoms with E-state index in [4.69, 9.17) is 33.0 Å². The SMILES string of the molecule is Cc1cc(OCCCc2c3n(c4c(-c5c(C)nn(C)c5C)c(Cl)ccc24)C[C@@H](C)N(c2c(C(=O)O)n(Cc4ccccn4)c4ccccc24)C3=O)cc(C)c1Cl. The predicted molar refractivity (Wildman–Crippen MR) is 222 cm³/mol. The summed E-state index contributed by atoms with van der Waals surface area (Å²) >= 11 is 13.5. The number of ether oxygens (including phenoxy) is 1. The molecule has 1 aliphatic heterocycles. The molecule has 10 nitrogen and oxygen atoms in total. The number of carboxylic acid groups (broad SMARTS) is 1. The van der Waals surface area contributed by atoms with Gasteiger partial charge in [0.25, 0.3) is 5.91 Å². The standard InChI is InChI=1S/C44H42Cl2N6O4/c1-24-20-30(21-25(2)38(24)46)56-19-11-14-31-32-16-17-34(45)37(36-27(4)48-49(6)28(36)5)39(32)51-22-26(3)52(43(53)41(31)51)40-33-13-7-8-15-35(33)50(42(40)44(54)55)23-29-12-9-10-18-47-29/h7-10,12-13,15-18,20-21,26H,11,14,19,22-23H2,1-6H3,(H,54,55)/t26-/m1/s1. The van der Waals surface area contributed by atoms with Crippen LogP contribution in [0.3, 0.4) is 0 Å². The lowest BCUT2D eigenvalue weighted by atomic mass is 9.98. The summed E-state index contributed by atoms with van der Waals surface area (Å²) in [6.07, 6.45) is 2.83. The lowest BCUT2D eigenvalue weighted by Gasteiger charge is -2.35. The highest BCUT2D eigenvalue weighted by atomic mass is 35.5. The number of carbonyl (C=O) groups excluding carboxylic acids is 1. The number of hydrogen-bond acceptors (Lipinski definition) is 5. The predicted octanol–water partition coefficient (Wildman–Crippen LogP) is 9.74. The third kappa shape index (κ3) is 6.12. The van der Waals surface area contributed by atoms with Gasteiger partial charge in [-0.1, -0.05) is 53.5 Å². The Balaban J connectivity index is 1.30. The minimum atomic E-state index is -1.13. The Morgan fingerprint density at radius 2 is 1.70 bits per heavy atom. The maximum absolute atomic E-state index is 15.4. The van der Waals surface area contributed by atoms with Gasteiger partial charge in [0.1, 0.15) is 11.4 Å². The van der Waals surface area contributed by atoms with Crippen molar-refractivity contribution in [3.8, 4) is 16.9 Å². The molecule has 8 rings (SSSR count). The molecule has 1 atom stereocenters. The number of anilines is 1. The number of fused-ring (bicyclic) bond motifs is 4. The molecule has 3 aromatic carbocycles. The van der Waals surface area contributed by atoms with Gasteiger partial charge in [0.15, 0.2) is 5.69 Å². The van der Waals surface area contributed by atoms with E-state index in [9.17, 15) is 9.90 Å². The molecule has 0 saturated carbocycles. The van der Waals surface area contributed by atoms with Crippen molar-refractivity contribution in [2.45, 2.75) is 66.6 Å².